The molecule has 0 bridgehead atoms. The molecule has 0 aromatic carbocycles. The minimum Gasteiger partial charge on any atom is -0.472 e. The number of terminal acetylenes is 1. The van der Waals surface area contributed by atoms with E-state index < -0.39 is 12.1 Å². The summed E-state index contributed by atoms with van der Waals surface area (Å²) < 4.78 is 0. The molecule has 1 unspecified atom stereocenters. The van der Waals surface area contributed by atoms with Crippen molar-refractivity contribution in [1.29, 1.82) is 0 Å². The molecule has 0 saturated heterocycles. The Morgan fingerprint density at radius 1 is 0.735 bits per heavy atom. The first-order valence-electron chi connectivity index (χ1n) is 13.3. The molecule has 0 aromatic rings. The molecule has 188 valence electrons. The topological polar surface area (TPSA) is 57.5 Å². The van der Waals surface area contributed by atoms with Gasteiger partial charge in [0.05, 0.1) is 0 Å². The van der Waals surface area contributed by atoms with Gasteiger partial charge in [0.2, 0.25) is 0 Å². The third kappa shape index (κ3) is 27.6. The molecule has 0 aliphatic heterocycles. The summed E-state index contributed by atoms with van der Waals surface area (Å²) in [5, 5.41) is 17.7. The van der Waals surface area contributed by atoms with Gasteiger partial charge in [-0.15, -0.1) is 12.3 Å². The number of carboxylic acids is 1. The number of hydrogen-bond donors (Lipinski definition) is 2. The molecule has 0 aliphatic rings. The highest BCUT2D eigenvalue weighted by molar-refractivity contribution is 5.86. The second-order valence-corrected chi connectivity index (χ2v) is 8.75. The molecule has 0 fully saturated rings. The van der Waals surface area contributed by atoms with Crippen LogP contribution in [0.2, 0.25) is 0 Å². The van der Waals surface area contributed by atoms with Crippen LogP contribution in [0.15, 0.2) is 24.3 Å². The van der Waals surface area contributed by atoms with Crippen molar-refractivity contribution in [2.45, 2.75) is 128 Å². The molecule has 1 atom stereocenters. The Labute approximate surface area is 209 Å². The molecule has 0 amide bonds. The minimum atomic E-state index is -1.08. The monoisotopic (exact) mass is 466 g/mol. The maximum absolute atomic E-state index is 10.2. The van der Waals surface area contributed by atoms with E-state index in [9.17, 15) is 9.90 Å². The fourth-order valence-electron chi connectivity index (χ4n) is 3.59. The first-order chi connectivity index (χ1) is 16.7. The lowest BCUT2D eigenvalue weighted by molar-refractivity contribution is -0.130. The molecule has 0 saturated carbocycles. The van der Waals surface area contributed by atoms with Gasteiger partial charge in [0.1, 0.15) is 6.10 Å². The first-order valence-corrected chi connectivity index (χ1v) is 13.3. The average molecular weight is 467 g/mol. The lowest BCUT2D eigenvalue weighted by atomic mass is 10.1. The van der Waals surface area contributed by atoms with Crippen LogP contribution in [-0.2, 0) is 4.79 Å². The summed E-state index contributed by atoms with van der Waals surface area (Å²) in [6, 6.07) is 0. The number of carboxylic acid groups (broad SMARTS) is 1. The zero-order chi connectivity index (χ0) is 25.0. The van der Waals surface area contributed by atoms with Crippen molar-refractivity contribution in [1.82, 2.24) is 0 Å². The zero-order valence-corrected chi connectivity index (χ0v) is 21.2. The normalized spacial score (nSPS) is 11.5. The summed E-state index contributed by atoms with van der Waals surface area (Å²) in [5.74, 6) is 12.4. The van der Waals surface area contributed by atoms with Crippen LogP contribution in [0.3, 0.4) is 0 Å². The first kappa shape index (κ1) is 31.6. The van der Waals surface area contributed by atoms with Gasteiger partial charge >= 0.3 is 5.97 Å². The van der Waals surface area contributed by atoms with Crippen LogP contribution in [0.25, 0.3) is 0 Å². The number of aliphatic hydroxyl groups is 1. The predicted molar refractivity (Wildman–Crippen MR) is 144 cm³/mol. The van der Waals surface area contributed by atoms with Gasteiger partial charge in [0.25, 0.3) is 0 Å². The van der Waals surface area contributed by atoms with E-state index in [2.05, 4.69) is 41.8 Å². The van der Waals surface area contributed by atoms with Crippen molar-refractivity contribution in [3.05, 3.63) is 24.3 Å². The van der Waals surface area contributed by atoms with E-state index >= 15 is 0 Å². The quantitative estimate of drug-likeness (QED) is 0.110. The van der Waals surface area contributed by atoms with Gasteiger partial charge in [-0.1, -0.05) is 100 Å². The Bertz CT molecular complexity index is 703. The number of aliphatic carboxylic acids is 1. The van der Waals surface area contributed by atoms with Crippen molar-refractivity contribution < 1.29 is 15.0 Å². The van der Waals surface area contributed by atoms with Gasteiger partial charge in [-0.05, 0) is 51.0 Å². The Morgan fingerprint density at radius 3 is 1.91 bits per heavy atom. The van der Waals surface area contributed by atoms with E-state index in [1.165, 1.54) is 70.6 Å². The van der Waals surface area contributed by atoms with Gasteiger partial charge in [0, 0.05) is 18.8 Å². The van der Waals surface area contributed by atoms with E-state index in [0.29, 0.717) is 0 Å². The number of carbonyl (C=O) groups is 1. The molecule has 0 radical (unpaired) electrons. The van der Waals surface area contributed by atoms with Crippen LogP contribution >= 0.6 is 0 Å². The summed E-state index contributed by atoms with van der Waals surface area (Å²) in [5.41, 5.74) is 0. The fraction of sp³-hybridized carbons (Fsp3) is 0.645. The Balaban J connectivity index is 3.29. The highest BCUT2D eigenvalue weighted by Crippen LogP contribution is 2.11. The molecule has 3 nitrogen and oxygen atoms in total. The Morgan fingerprint density at radius 2 is 1.29 bits per heavy atom. The Kier molecular flexibility index (Phi) is 24.9. The lowest BCUT2D eigenvalue weighted by Crippen LogP contribution is -2.01. The van der Waals surface area contributed by atoms with E-state index in [1.807, 2.05) is 6.08 Å². The van der Waals surface area contributed by atoms with Crippen LogP contribution < -0.4 is 0 Å². The molecule has 0 aromatic heterocycles. The highest BCUT2D eigenvalue weighted by Gasteiger charge is 1.97. The number of allylic oxidation sites excluding steroid dienone is 4. The third-order valence-corrected chi connectivity index (χ3v) is 5.61. The average Bonchev–Trinajstić information content (AvgIpc) is 2.83. The van der Waals surface area contributed by atoms with Crippen LogP contribution in [0.5, 0.6) is 0 Å². The van der Waals surface area contributed by atoms with Crippen LogP contribution in [0.4, 0.5) is 0 Å². The van der Waals surface area contributed by atoms with Crippen LogP contribution in [0.1, 0.15) is 122 Å². The number of rotatable bonds is 20. The van der Waals surface area contributed by atoms with Gasteiger partial charge in [-0.25, -0.2) is 4.79 Å². The van der Waals surface area contributed by atoms with Crippen LogP contribution in [-0.4, -0.2) is 22.3 Å². The summed E-state index contributed by atoms with van der Waals surface area (Å²) in [6.07, 6.45) is 34.7. The van der Waals surface area contributed by atoms with Crippen molar-refractivity contribution in [2.75, 3.05) is 0 Å². The van der Waals surface area contributed by atoms with E-state index in [0.717, 1.165) is 51.4 Å². The standard InChI is InChI=1S/C31H46O3/c1-2-30(32)28-26-24-22-20-18-16-14-12-10-8-6-4-3-5-7-9-11-13-15-17-19-21-23-25-27-29-31(33)34/h1,4,6,23,25,30,32H,3,5,7-9,11,13-22,24,26,28H2,(H,33,34)/b6-4-,25-23-. The molecule has 34 heavy (non-hydrogen) atoms. The van der Waals surface area contributed by atoms with Crippen molar-refractivity contribution in [3.63, 3.8) is 0 Å². The Hall–Kier alpha value is -2.41. The lowest BCUT2D eigenvalue weighted by Gasteiger charge is -2.02. The summed E-state index contributed by atoms with van der Waals surface area (Å²) in [6.45, 7) is 0. The van der Waals surface area contributed by atoms with E-state index in [4.69, 9.17) is 11.5 Å². The summed E-state index contributed by atoms with van der Waals surface area (Å²) in [7, 11) is 0. The number of aliphatic hydroxyl groups excluding tert-OH is 1. The maximum atomic E-state index is 10.2. The second kappa shape index (κ2) is 26.8. The van der Waals surface area contributed by atoms with E-state index in [-0.39, 0.29) is 0 Å². The van der Waals surface area contributed by atoms with Crippen molar-refractivity contribution >= 4 is 5.97 Å². The third-order valence-electron chi connectivity index (χ3n) is 5.61. The minimum absolute atomic E-state index is 0.563. The predicted octanol–water partition coefficient (Wildman–Crippen LogP) is 7.60. The molecule has 3 heteroatoms. The zero-order valence-electron chi connectivity index (χ0n) is 21.2. The van der Waals surface area contributed by atoms with E-state index in [1.54, 1.807) is 6.08 Å². The summed E-state index contributed by atoms with van der Waals surface area (Å²) in [4.78, 5) is 10.2. The molecule has 0 aliphatic carbocycles. The summed E-state index contributed by atoms with van der Waals surface area (Å²) >= 11 is 0. The van der Waals surface area contributed by atoms with Crippen molar-refractivity contribution in [2.24, 2.45) is 0 Å². The van der Waals surface area contributed by atoms with Crippen molar-refractivity contribution in [3.8, 4) is 36.0 Å². The SMILES string of the molecule is C#CC(O)CCCCCCCCC#CC/C=C\CCCCCCCCCC/C=C\C#CC(=O)O. The number of hydrogen-bond acceptors (Lipinski definition) is 2. The second-order valence-electron chi connectivity index (χ2n) is 8.75. The maximum Gasteiger partial charge on any atom is 0.382 e. The van der Waals surface area contributed by atoms with Gasteiger partial charge in [-0.3, -0.25) is 0 Å². The molecular weight excluding hydrogens is 420 g/mol. The smallest absolute Gasteiger partial charge is 0.382 e. The molecule has 0 spiro atoms. The highest BCUT2D eigenvalue weighted by atomic mass is 16.4. The molecule has 0 heterocycles. The molecule has 0 rings (SSSR count). The largest absolute Gasteiger partial charge is 0.472 e. The fourth-order valence-corrected chi connectivity index (χ4v) is 3.59. The van der Waals surface area contributed by atoms with Gasteiger partial charge in [-0.2, -0.15) is 0 Å². The number of unbranched alkanes of at least 4 members (excludes halogenated alkanes) is 15. The van der Waals surface area contributed by atoms with Crippen LogP contribution in [0, 0.1) is 36.0 Å². The van der Waals surface area contributed by atoms with Gasteiger partial charge in [0.15, 0.2) is 0 Å². The molecular formula is C31H46O3. The molecule has 2 N–H and O–H groups in total. The van der Waals surface area contributed by atoms with Gasteiger partial charge < -0.3 is 10.2 Å².